The molecule has 1 heterocycles. The fraction of sp³-hybridized carbons (Fsp3) is 0.226. The third-order valence-corrected chi connectivity index (χ3v) is 8.37. The Labute approximate surface area is 292 Å². The second-order valence-electron chi connectivity index (χ2n) is 9.48. The van der Waals surface area contributed by atoms with Crippen molar-refractivity contribution >= 4 is 80.9 Å². The lowest BCUT2D eigenvalue weighted by Crippen LogP contribution is -2.45. The number of hydrazone groups is 1. The molecule has 0 aliphatic carbocycles. The van der Waals surface area contributed by atoms with Gasteiger partial charge in [0.15, 0.2) is 18.1 Å². The molecular weight excluding hydrogens is 830 g/mol. The van der Waals surface area contributed by atoms with Crippen LogP contribution in [0.25, 0.3) is 0 Å². The third-order valence-electron chi connectivity index (χ3n) is 6.40. The number of carbonyl (C=O) groups excluding carboxylic acids is 3. The summed E-state index contributed by atoms with van der Waals surface area (Å²) in [5.41, 5.74) is 5.33. The summed E-state index contributed by atoms with van der Waals surface area (Å²) in [5, 5.41) is 10.0. The van der Waals surface area contributed by atoms with Crippen molar-refractivity contribution in [2.75, 3.05) is 20.3 Å². The van der Waals surface area contributed by atoms with Gasteiger partial charge in [-0.3, -0.25) is 4.79 Å². The van der Waals surface area contributed by atoms with Crippen LogP contribution in [0.2, 0.25) is 5.02 Å². The van der Waals surface area contributed by atoms with Crippen molar-refractivity contribution in [2.45, 2.75) is 26.5 Å². The molecule has 1 aliphatic rings. The molecule has 0 spiro atoms. The van der Waals surface area contributed by atoms with E-state index in [-0.39, 0.29) is 24.5 Å². The van der Waals surface area contributed by atoms with Gasteiger partial charge in [-0.2, -0.15) is 5.10 Å². The maximum Gasteiger partial charge on any atom is 0.338 e. The lowest BCUT2D eigenvalue weighted by atomic mass is 9.95. The number of esters is 1. The van der Waals surface area contributed by atoms with Crippen LogP contribution in [0.4, 0.5) is 4.79 Å². The van der Waals surface area contributed by atoms with Gasteiger partial charge >= 0.3 is 12.0 Å². The predicted molar refractivity (Wildman–Crippen MR) is 186 cm³/mol. The van der Waals surface area contributed by atoms with Crippen molar-refractivity contribution in [3.8, 4) is 17.2 Å². The van der Waals surface area contributed by atoms with Gasteiger partial charge in [0, 0.05) is 16.3 Å². The smallest absolute Gasteiger partial charge is 0.338 e. The van der Waals surface area contributed by atoms with E-state index in [2.05, 4.69) is 66.3 Å². The number of hydrogen-bond acceptors (Lipinski definition) is 8. The maximum absolute atomic E-state index is 12.6. The van der Waals surface area contributed by atoms with E-state index in [9.17, 15) is 14.4 Å². The predicted octanol–water partition coefficient (Wildman–Crippen LogP) is 5.86. The zero-order valence-corrected chi connectivity index (χ0v) is 29.5. The number of urea groups is 1. The molecule has 0 fully saturated rings. The van der Waals surface area contributed by atoms with Crippen molar-refractivity contribution in [3.63, 3.8) is 0 Å². The Kier molecular flexibility index (Phi) is 12.3. The minimum absolute atomic E-state index is 0.184. The molecule has 11 nitrogen and oxygen atoms in total. The number of nitrogens with zero attached hydrogens (tertiary/aromatic N) is 1. The number of halogens is 3. The molecule has 4 rings (SSSR count). The molecule has 3 N–H and O–H groups in total. The first-order valence-corrected chi connectivity index (χ1v) is 16.1. The number of ether oxygens (including phenoxy) is 4. The molecule has 1 aliphatic heterocycles. The minimum atomic E-state index is -0.771. The van der Waals surface area contributed by atoms with Gasteiger partial charge < -0.3 is 29.6 Å². The highest BCUT2D eigenvalue weighted by atomic mass is 127. The Balaban J connectivity index is 1.36. The van der Waals surface area contributed by atoms with Crippen molar-refractivity contribution in [2.24, 2.45) is 5.10 Å². The quantitative estimate of drug-likeness (QED) is 0.0900. The molecule has 0 aromatic heterocycles. The van der Waals surface area contributed by atoms with Crippen molar-refractivity contribution in [1.82, 2.24) is 16.1 Å². The summed E-state index contributed by atoms with van der Waals surface area (Å²) < 4.78 is 24.1. The van der Waals surface area contributed by atoms with Gasteiger partial charge in [0.1, 0.15) is 12.4 Å². The summed E-state index contributed by atoms with van der Waals surface area (Å²) in [6, 6.07) is 14.9. The summed E-state index contributed by atoms with van der Waals surface area (Å²) in [6.45, 7) is 3.51. The lowest BCUT2D eigenvalue weighted by Gasteiger charge is -2.28. The van der Waals surface area contributed by atoms with Crippen LogP contribution < -0.4 is 30.3 Å². The first-order chi connectivity index (χ1) is 21.6. The largest absolute Gasteiger partial charge is 0.493 e. The number of allylic oxidation sites excluding steroid dienone is 1. The standard InChI is InChI=1S/C31H29ClI2N4O7/c1-4-43-30(40)27-17(2)36-31(41)37-28(27)19-9-10-24(25(13-19)42-3)44-16-26(39)38-35-14-18-11-22(33)29(23(34)12-18)45-15-20-7-5-6-8-21(20)32/h5-14,28H,4,15-16H2,1-3H3,(H,38,39)(H2,36,37,41)/b35-14-/t28-/m1/s1. The van der Waals surface area contributed by atoms with Crippen LogP contribution in [0.5, 0.6) is 17.2 Å². The topological polar surface area (TPSA) is 137 Å². The van der Waals surface area contributed by atoms with E-state index in [1.165, 1.54) is 13.3 Å². The molecule has 3 aromatic carbocycles. The van der Waals surface area contributed by atoms with E-state index in [4.69, 9.17) is 30.5 Å². The van der Waals surface area contributed by atoms with Crippen LogP contribution >= 0.6 is 56.8 Å². The molecule has 3 aromatic rings. The second kappa shape index (κ2) is 16.1. The Morgan fingerprint density at radius 1 is 1.07 bits per heavy atom. The number of benzene rings is 3. The van der Waals surface area contributed by atoms with E-state index >= 15 is 0 Å². The lowest BCUT2D eigenvalue weighted by molar-refractivity contribution is -0.139. The fourth-order valence-electron chi connectivity index (χ4n) is 4.32. The van der Waals surface area contributed by atoms with Crippen LogP contribution in [0.3, 0.4) is 0 Å². The Hall–Kier alpha value is -3.57. The van der Waals surface area contributed by atoms with Gasteiger partial charge in [-0.05, 0) is 100 Å². The maximum atomic E-state index is 12.6. The molecule has 0 saturated heterocycles. The van der Waals surface area contributed by atoms with E-state index < -0.39 is 23.9 Å². The van der Waals surface area contributed by atoms with Crippen LogP contribution in [0.1, 0.15) is 36.6 Å². The van der Waals surface area contributed by atoms with Crippen molar-refractivity contribution in [3.05, 3.63) is 94.7 Å². The van der Waals surface area contributed by atoms with Gasteiger partial charge in [-0.15, -0.1) is 0 Å². The van der Waals surface area contributed by atoms with Crippen molar-refractivity contribution < 1.29 is 33.3 Å². The van der Waals surface area contributed by atoms with Crippen molar-refractivity contribution in [1.29, 1.82) is 0 Å². The van der Waals surface area contributed by atoms with E-state index in [0.29, 0.717) is 28.6 Å². The van der Waals surface area contributed by atoms with E-state index in [1.54, 1.807) is 32.0 Å². The first kappa shape index (κ1) is 34.3. The highest BCUT2D eigenvalue weighted by molar-refractivity contribution is 14.1. The summed E-state index contributed by atoms with van der Waals surface area (Å²) in [6.07, 6.45) is 1.53. The van der Waals surface area contributed by atoms with Gasteiger partial charge in [-0.1, -0.05) is 35.9 Å². The van der Waals surface area contributed by atoms with Gasteiger partial charge in [0.2, 0.25) is 0 Å². The fourth-order valence-corrected chi connectivity index (χ4v) is 6.64. The molecule has 0 bridgehead atoms. The zero-order chi connectivity index (χ0) is 32.5. The second-order valence-corrected chi connectivity index (χ2v) is 12.2. The average molecular weight is 859 g/mol. The van der Waals surface area contributed by atoms with Gasteiger partial charge in [0.25, 0.3) is 5.91 Å². The van der Waals surface area contributed by atoms with Crippen LogP contribution in [-0.2, 0) is 20.9 Å². The molecule has 45 heavy (non-hydrogen) atoms. The van der Waals surface area contributed by atoms with E-state index in [0.717, 1.165) is 24.0 Å². The number of nitrogens with one attached hydrogen (secondary N) is 3. The molecule has 1 atom stereocenters. The zero-order valence-electron chi connectivity index (χ0n) is 24.4. The number of rotatable bonds is 12. The molecular formula is C31H29ClI2N4O7. The average Bonchev–Trinajstić information content (AvgIpc) is 3.00. The van der Waals surface area contributed by atoms with Gasteiger partial charge in [-0.25, -0.2) is 15.0 Å². The number of methoxy groups -OCH3 is 1. The minimum Gasteiger partial charge on any atom is -0.493 e. The SMILES string of the molecule is CCOC(=O)C1=C(C)NC(=O)N[C@@H]1c1ccc(OCC(=O)N/N=C\c2cc(I)c(OCc3ccccc3Cl)c(I)c2)c(OC)c1. The van der Waals surface area contributed by atoms with Gasteiger partial charge in [0.05, 0.1) is 38.7 Å². The number of carbonyl (C=O) groups is 3. The molecule has 3 amide bonds. The summed E-state index contributed by atoms with van der Waals surface area (Å²) in [5.74, 6) is 0.284. The molecule has 0 unspecified atom stereocenters. The Morgan fingerprint density at radius 3 is 2.49 bits per heavy atom. The molecule has 0 saturated carbocycles. The third kappa shape index (κ3) is 9.00. The number of hydrogen-bond donors (Lipinski definition) is 3. The monoisotopic (exact) mass is 858 g/mol. The molecule has 0 radical (unpaired) electrons. The Morgan fingerprint density at radius 2 is 1.80 bits per heavy atom. The molecule has 14 heteroatoms. The first-order valence-electron chi connectivity index (χ1n) is 13.5. The Bertz CT molecular complexity index is 1640. The normalized spacial score (nSPS) is 14.4. The van der Waals surface area contributed by atoms with Crippen LogP contribution in [0, 0.1) is 7.14 Å². The van der Waals surface area contributed by atoms with E-state index in [1.807, 2.05) is 36.4 Å². The highest BCUT2D eigenvalue weighted by Gasteiger charge is 2.32. The van der Waals surface area contributed by atoms with Crippen LogP contribution in [-0.4, -0.2) is 44.4 Å². The highest BCUT2D eigenvalue weighted by Crippen LogP contribution is 2.35. The number of amides is 3. The van der Waals surface area contributed by atoms with Crippen LogP contribution in [0.15, 0.2) is 71.0 Å². The molecule has 236 valence electrons. The summed E-state index contributed by atoms with van der Waals surface area (Å²) in [4.78, 5) is 37.2. The summed E-state index contributed by atoms with van der Waals surface area (Å²) >= 11 is 10.6. The summed E-state index contributed by atoms with van der Waals surface area (Å²) in [7, 11) is 1.45.